The highest BCUT2D eigenvalue weighted by Gasteiger charge is 2.42. The maximum Gasteiger partial charge on any atom is 0.216 e. The third-order valence-corrected chi connectivity index (χ3v) is 11.2. The number of hydrogen-bond acceptors (Lipinski definition) is 2. The Kier molecular flexibility index (Phi) is 8.00. The van der Waals surface area contributed by atoms with Gasteiger partial charge in [0.05, 0.1) is 6.61 Å². The largest absolute Gasteiger partial charge is 0.377 e. The van der Waals surface area contributed by atoms with E-state index in [4.69, 9.17) is 4.74 Å². The summed E-state index contributed by atoms with van der Waals surface area (Å²) in [5.74, 6) is 0.0200. The Morgan fingerprint density at radius 2 is 1.37 bits per heavy atom. The third kappa shape index (κ3) is 5.46. The Morgan fingerprint density at radius 1 is 0.867 bits per heavy atom. The van der Waals surface area contributed by atoms with Gasteiger partial charge in [-0.1, -0.05) is 101 Å². The van der Waals surface area contributed by atoms with Gasteiger partial charge >= 0.3 is 0 Å². The molecule has 3 aromatic rings. The van der Waals surface area contributed by atoms with Crippen LogP contribution in [0.1, 0.15) is 25.8 Å². The Morgan fingerprint density at radius 3 is 1.87 bits per heavy atom. The molecule has 0 heterocycles. The van der Waals surface area contributed by atoms with Crippen molar-refractivity contribution in [2.75, 3.05) is 6.61 Å². The predicted octanol–water partition coefficient (Wildman–Crippen LogP) is 3.92. The van der Waals surface area contributed by atoms with Gasteiger partial charge in [0.2, 0.25) is 5.91 Å². The molecule has 1 amide bonds. The minimum atomic E-state index is -2.26. The van der Waals surface area contributed by atoms with Crippen LogP contribution in [0.4, 0.5) is 0 Å². The predicted molar refractivity (Wildman–Crippen MR) is 127 cm³/mol. The van der Waals surface area contributed by atoms with Crippen molar-refractivity contribution in [1.82, 2.24) is 5.32 Å². The summed E-state index contributed by atoms with van der Waals surface area (Å²) in [4.78, 5) is 12.0. The van der Waals surface area contributed by atoms with Crippen molar-refractivity contribution in [2.24, 2.45) is 0 Å². The Balaban J connectivity index is 1.83. The fourth-order valence-corrected chi connectivity index (χ4v) is 9.36. The zero-order valence-corrected chi connectivity index (χ0v) is 18.9. The summed E-state index contributed by atoms with van der Waals surface area (Å²) in [5.41, 5.74) is 1.27. The van der Waals surface area contributed by atoms with Crippen molar-refractivity contribution >= 4 is 24.4 Å². The fraction of sp³-hybridized carbons (Fsp3) is 0.269. The lowest BCUT2D eigenvalue weighted by Crippen LogP contribution is -2.69. The van der Waals surface area contributed by atoms with Crippen molar-refractivity contribution in [3.63, 3.8) is 0 Å². The van der Waals surface area contributed by atoms with Crippen LogP contribution in [0.3, 0.4) is 0 Å². The van der Waals surface area contributed by atoms with Crippen molar-refractivity contribution in [1.29, 1.82) is 0 Å². The molecule has 0 aliphatic heterocycles. The summed E-state index contributed by atoms with van der Waals surface area (Å²) in [5, 5.41) is 5.92. The van der Waals surface area contributed by atoms with Crippen LogP contribution in [0.25, 0.3) is 0 Å². The van der Waals surface area contributed by atoms with E-state index in [0.717, 1.165) is 12.5 Å². The fourth-order valence-electron chi connectivity index (χ4n) is 4.29. The molecule has 3 nitrogen and oxygen atoms in total. The summed E-state index contributed by atoms with van der Waals surface area (Å²) in [7, 11) is -2.26. The van der Waals surface area contributed by atoms with Gasteiger partial charge in [0.25, 0.3) is 0 Å². The molecule has 0 radical (unpaired) electrons. The number of benzene rings is 3. The molecule has 1 atom stereocenters. The maximum atomic E-state index is 12.0. The molecule has 0 fully saturated rings. The number of hydrogen-bond donors (Lipinski definition) is 1. The second kappa shape index (κ2) is 10.9. The second-order valence-electron chi connectivity index (χ2n) is 7.77. The highest BCUT2D eigenvalue weighted by atomic mass is 28.3. The Hall–Kier alpha value is -2.69. The second-order valence-corrected chi connectivity index (χ2v) is 12.2. The number of carbonyl (C=O) groups excluding carboxylic acids is 1. The van der Waals surface area contributed by atoms with Crippen molar-refractivity contribution in [3.05, 3.63) is 96.6 Å². The monoisotopic (exact) mass is 417 g/mol. The van der Waals surface area contributed by atoms with Gasteiger partial charge in [-0.05, 0) is 25.0 Å². The normalized spacial score (nSPS) is 12.3. The Bertz CT molecular complexity index is 861. The number of amides is 1. The molecular formula is C26H31NO2Si. The topological polar surface area (TPSA) is 38.3 Å². The lowest BCUT2D eigenvalue weighted by molar-refractivity contribution is -0.119. The molecule has 156 valence electrons. The molecule has 0 saturated heterocycles. The molecular weight excluding hydrogens is 386 g/mol. The smallest absolute Gasteiger partial charge is 0.216 e. The van der Waals surface area contributed by atoms with Crippen LogP contribution < -0.4 is 15.7 Å². The van der Waals surface area contributed by atoms with Crippen LogP contribution in [0, 0.1) is 0 Å². The number of nitrogens with one attached hydrogen (secondary N) is 1. The van der Waals surface area contributed by atoms with Crippen LogP contribution in [0.5, 0.6) is 0 Å². The summed E-state index contributed by atoms with van der Waals surface area (Å²) in [6.45, 7) is 5.11. The molecule has 0 bridgehead atoms. The van der Waals surface area contributed by atoms with Gasteiger partial charge < -0.3 is 10.1 Å². The molecule has 1 N–H and O–H groups in total. The lowest BCUT2D eigenvalue weighted by Gasteiger charge is -2.39. The molecule has 3 rings (SSSR count). The highest BCUT2D eigenvalue weighted by Crippen LogP contribution is 2.19. The molecule has 30 heavy (non-hydrogen) atoms. The van der Waals surface area contributed by atoms with E-state index >= 15 is 0 Å². The SMILES string of the molecule is CC(=O)NC(C)[Si](CCCOCc1ccccc1)(c1ccccc1)c1ccccc1. The van der Waals surface area contributed by atoms with Crippen molar-refractivity contribution in [3.8, 4) is 0 Å². The molecule has 0 aliphatic carbocycles. The summed E-state index contributed by atoms with van der Waals surface area (Å²) in [6, 6.07) is 32.7. The third-order valence-electron chi connectivity index (χ3n) is 5.71. The number of rotatable bonds is 10. The van der Waals surface area contributed by atoms with E-state index in [0.29, 0.717) is 13.2 Å². The van der Waals surface area contributed by atoms with E-state index in [1.54, 1.807) is 6.92 Å². The maximum absolute atomic E-state index is 12.0. The van der Waals surface area contributed by atoms with Crippen LogP contribution in [-0.2, 0) is 16.1 Å². The van der Waals surface area contributed by atoms with Gasteiger partial charge in [0.1, 0.15) is 8.07 Å². The lowest BCUT2D eigenvalue weighted by atomic mass is 10.2. The van der Waals surface area contributed by atoms with Gasteiger partial charge in [-0.15, -0.1) is 0 Å². The van der Waals surface area contributed by atoms with E-state index in [1.807, 2.05) is 18.2 Å². The summed E-state index contributed by atoms with van der Waals surface area (Å²) < 4.78 is 5.98. The Labute approximate surface area is 181 Å². The quantitative estimate of drug-likeness (QED) is 0.401. The zero-order chi connectivity index (χ0) is 21.2. The van der Waals surface area contributed by atoms with Crippen LogP contribution in [0.2, 0.25) is 6.04 Å². The van der Waals surface area contributed by atoms with Crippen molar-refractivity contribution < 1.29 is 9.53 Å². The van der Waals surface area contributed by atoms with Crippen LogP contribution in [-0.4, -0.2) is 26.3 Å². The minimum Gasteiger partial charge on any atom is -0.377 e. The van der Waals surface area contributed by atoms with E-state index in [2.05, 4.69) is 85.0 Å². The van der Waals surface area contributed by atoms with Gasteiger partial charge in [-0.3, -0.25) is 4.79 Å². The van der Waals surface area contributed by atoms with Gasteiger partial charge in [-0.25, -0.2) is 0 Å². The molecule has 0 aromatic heterocycles. The van der Waals surface area contributed by atoms with E-state index in [-0.39, 0.29) is 11.6 Å². The minimum absolute atomic E-state index is 0.0200. The zero-order valence-electron chi connectivity index (χ0n) is 17.9. The summed E-state index contributed by atoms with van der Waals surface area (Å²) >= 11 is 0. The number of carbonyl (C=O) groups is 1. The molecule has 0 saturated carbocycles. The van der Waals surface area contributed by atoms with Gasteiger partial charge in [-0.2, -0.15) is 0 Å². The van der Waals surface area contributed by atoms with Crippen LogP contribution in [0.15, 0.2) is 91.0 Å². The molecule has 0 spiro atoms. The summed E-state index contributed by atoms with van der Waals surface area (Å²) in [6.07, 6.45) is 0.951. The first-order valence-electron chi connectivity index (χ1n) is 10.6. The first-order valence-corrected chi connectivity index (χ1v) is 12.9. The van der Waals surface area contributed by atoms with Gasteiger partial charge in [0.15, 0.2) is 0 Å². The molecule has 3 aromatic carbocycles. The molecule has 4 heteroatoms. The van der Waals surface area contributed by atoms with E-state index in [9.17, 15) is 4.79 Å². The van der Waals surface area contributed by atoms with E-state index < -0.39 is 8.07 Å². The van der Waals surface area contributed by atoms with Crippen LogP contribution >= 0.6 is 0 Å². The highest BCUT2D eigenvalue weighted by molar-refractivity contribution is 7.03. The molecule has 1 unspecified atom stereocenters. The van der Waals surface area contributed by atoms with Gasteiger partial charge in [0, 0.05) is 19.2 Å². The average molecular weight is 418 g/mol. The van der Waals surface area contributed by atoms with Crippen molar-refractivity contribution in [2.45, 2.75) is 38.6 Å². The first kappa shape index (κ1) is 22.0. The van der Waals surface area contributed by atoms with E-state index in [1.165, 1.54) is 15.9 Å². The standard InChI is InChI=1S/C26H31NO2Si/c1-22(28)27-23(2)30(25-15-8-4-9-16-25,26-17-10-5-11-18-26)20-12-19-29-21-24-13-6-3-7-14-24/h3-11,13-18,23H,12,19-21H2,1-2H3,(H,27,28). The molecule has 0 aliphatic rings. The number of ether oxygens (including phenoxy) is 1. The first-order chi connectivity index (χ1) is 14.6. The average Bonchev–Trinajstić information content (AvgIpc) is 2.78.